The van der Waals surface area contributed by atoms with Crippen LogP contribution < -0.4 is 10.6 Å². The van der Waals surface area contributed by atoms with Crippen molar-refractivity contribution in [2.45, 2.75) is 90.8 Å². The standard InChI is InChI=1S/C37H46N4O3/c1-6-26-18-30-19-31(24(30)2)21-37(4,20-26)38-22-28-12-10-27(11-13-28)14-15-29-8-7-9-33(32(29)23-42)39-25(3)41(5)34-16-17-35(43)40-36(34)44/h7-13,23-24,26,30-31,34,38H,6,16-22H2,1-5H3,(H,40,43,44). The molecule has 3 aliphatic carbocycles. The summed E-state index contributed by atoms with van der Waals surface area (Å²) < 4.78 is 0. The summed E-state index contributed by atoms with van der Waals surface area (Å²) in [5.41, 5.74) is 3.78. The lowest BCUT2D eigenvalue weighted by atomic mass is 9.56. The summed E-state index contributed by atoms with van der Waals surface area (Å²) in [5, 5.41) is 6.32. The van der Waals surface area contributed by atoms with Gasteiger partial charge in [0, 0.05) is 36.7 Å². The Morgan fingerprint density at radius 1 is 1.11 bits per heavy atom. The summed E-state index contributed by atoms with van der Waals surface area (Å²) in [7, 11) is 1.77. The Kier molecular flexibility index (Phi) is 9.70. The number of imide groups is 1. The second-order valence-corrected chi connectivity index (χ2v) is 13.5. The lowest BCUT2D eigenvalue weighted by molar-refractivity contribution is -0.136. The van der Waals surface area contributed by atoms with Gasteiger partial charge in [0.1, 0.15) is 11.9 Å². The molecule has 2 aromatic carbocycles. The van der Waals surface area contributed by atoms with Crippen molar-refractivity contribution in [1.29, 1.82) is 0 Å². The number of piperidine rings is 1. The first-order valence-corrected chi connectivity index (χ1v) is 16.1. The molecule has 4 aliphatic rings. The topological polar surface area (TPSA) is 90.9 Å². The monoisotopic (exact) mass is 594 g/mol. The zero-order chi connectivity index (χ0) is 31.4. The third-order valence-electron chi connectivity index (χ3n) is 10.4. The lowest BCUT2D eigenvalue weighted by Crippen LogP contribution is -2.52. The quantitative estimate of drug-likeness (QED) is 0.135. The summed E-state index contributed by atoms with van der Waals surface area (Å²) in [6.07, 6.45) is 8.06. The summed E-state index contributed by atoms with van der Waals surface area (Å²) in [6, 6.07) is 13.3. The molecule has 2 amide bonds. The highest BCUT2D eigenvalue weighted by atomic mass is 16.2. The van der Waals surface area contributed by atoms with Crippen molar-refractivity contribution >= 4 is 29.6 Å². The molecule has 6 unspecified atom stereocenters. The summed E-state index contributed by atoms with van der Waals surface area (Å²) in [5.74, 6) is 9.81. The van der Waals surface area contributed by atoms with Crippen LogP contribution in [0.1, 0.15) is 99.7 Å². The van der Waals surface area contributed by atoms with Crippen molar-refractivity contribution in [3.05, 3.63) is 64.7 Å². The van der Waals surface area contributed by atoms with E-state index < -0.39 is 6.04 Å². The summed E-state index contributed by atoms with van der Waals surface area (Å²) in [6.45, 7) is 9.86. The fourth-order valence-electron chi connectivity index (χ4n) is 7.43. The molecule has 1 heterocycles. The molecule has 44 heavy (non-hydrogen) atoms. The minimum Gasteiger partial charge on any atom is -0.351 e. The molecular weight excluding hydrogens is 548 g/mol. The van der Waals surface area contributed by atoms with E-state index >= 15 is 0 Å². The Morgan fingerprint density at radius 2 is 1.89 bits per heavy atom. The predicted molar refractivity (Wildman–Crippen MR) is 175 cm³/mol. The van der Waals surface area contributed by atoms with Crippen molar-refractivity contribution < 1.29 is 14.4 Å². The number of rotatable bonds is 7. The maximum absolute atomic E-state index is 12.3. The average molecular weight is 595 g/mol. The van der Waals surface area contributed by atoms with Gasteiger partial charge in [0.15, 0.2) is 6.29 Å². The van der Waals surface area contributed by atoms with Gasteiger partial charge in [-0.15, -0.1) is 0 Å². The van der Waals surface area contributed by atoms with Crippen LogP contribution in [0.15, 0.2) is 47.5 Å². The lowest BCUT2D eigenvalue weighted by Gasteiger charge is -2.52. The van der Waals surface area contributed by atoms with Crippen LogP contribution in [0.4, 0.5) is 5.69 Å². The molecule has 0 radical (unpaired) electrons. The van der Waals surface area contributed by atoms with Crippen molar-refractivity contribution in [2.24, 2.45) is 28.7 Å². The zero-order valence-electron chi connectivity index (χ0n) is 26.8. The van der Waals surface area contributed by atoms with Crippen LogP contribution in [-0.2, 0) is 16.1 Å². The fraction of sp³-hybridized carbons (Fsp3) is 0.514. The number of hydrogen-bond donors (Lipinski definition) is 2. The number of aldehydes is 1. The molecule has 0 spiro atoms. The molecule has 2 bridgehead atoms. The third-order valence-corrected chi connectivity index (χ3v) is 10.4. The second kappa shape index (κ2) is 13.5. The highest BCUT2D eigenvalue weighted by Crippen LogP contribution is 2.51. The number of nitrogens with one attached hydrogen (secondary N) is 2. The van der Waals surface area contributed by atoms with Crippen LogP contribution >= 0.6 is 0 Å². The number of benzene rings is 2. The molecule has 232 valence electrons. The van der Waals surface area contributed by atoms with Crippen molar-refractivity contribution in [1.82, 2.24) is 15.5 Å². The Bertz CT molecular complexity index is 1480. The SMILES string of the molecule is CCC1CC2CC(CC(C)(NCc3ccc(C#Cc4cccc(N=C(C)N(C)C5CCC(=O)NC5=O)c4C=O)cc3)C1)C2C. The van der Waals surface area contributed by atoms with E-state index in [0.29, 0.717) is 29.1 Å². The van der Waals surface area contributed by atoms with E-state index in [0.717, 1.165) is 42.1 Å². The highest BCUT2D eigenvalue weighted by molar-refractivity contribution is 6.02. The smallest absolute Gasteiger partial charge is 0.249 e. The van der Waals surface area contributed by atoms with Gasteiger partial charge in [0.05, 0.1) is 11.3 Å². The minimum atomic E-state index is -0.487. The van der Waals surface area contributed by atoms with Gasteiger partial charge in [-0.1, -0.05) is 50.3 Å². The van der Waals surface area contributed by atoms with Crippen LogP contribution in [0.2, 0.25) is 0 Å². The van der Waals surface area contributed by atoms with E-state index in [9.17, 15) is 14.4 Å². The molecule has 7 nitrogen and oxygen atoms in total. The first-order valence-electron chi connectivity index (χ1n) is 16.1. The Labute approximate surface area is 262 Å². The van der Waals surface area contributed by atoms with Gasteiger partial charge < -0.3 is 10.2 Å². The molecule has 4 fully saturated rings. The molecule has 6 atom stereocenters. The van der Waals surface area contributed by atoms with E-state index in [1.807, 2.05) is 24.3 Å². The normalized spacial score (nSPS) is 28.5. The third kappa shape index (κ3) is 7.13. The molecule has 3 saturated carbocycles. The molecule has 7 heteroatoms. The molecule has 2 N–H and O–H groups in total. The molecule has 1 saturated heterocycles. The van der Waals surface area contributed by atoms with Crippen LogP contribution in [0, 0.1) is 35.5 Å². The highest BCUT2D eigenvalue weighted by Gasteiger charge is 2.45. The summed E-state index contributed by atoms with van der Waals surface area (Å²) >= 11 is 0. The average Bonchev–Trinajstić information content (AvgIpc) is 3.00. The van der Waals surface area contributed by atoms with Gasteiger partial charge >= 0.3 is 0 Å². The first kappa shape index (κ1) is 31.7. The van der Waals surface area contributed by atoms with Crippen LogP contribution in [0.3, 0.4) is 0 Å². The van der Waals surface area contributed by atoms with Gasteiger partial charge in [0.2, 0.25) is 11.8 Å². The molecule has 2 aromatic rings. The minimum absolute atomic E-state index is 0.164. The van der Waals surface area contributed by atoms with Crippen molar-refractivity contribution in [3.63, 3.8) is 0 Å². The summed E-state index contributed by atoms with van der Waals surface area (Å²) in [4.78, 5) is 42.4. The van der Waals surface area contributed by atoms with E-state index in [1.54, 1.807) is 24.9 Å². The van der Waals surface area contributed by atoms with E-state index in [-0.39, 0.29) is 23.8 Å². The van der Waals surface area contributed by atoms with Crippen LogP contribution in [0.25, 0.3) is 0 Å². The van der Waals surface area contributed by atoms with Gasteiger partial charge in [-0.05, 0) is 99.5 Å². The van der Waals surface area contributed by atoms with Crippen molar-refractivity contribution in [3.8, 4) is 11.8 Å². The van der Waals surface area contributed by atoms with Crippen molar-refractivity contribution in [2.75, 3.05) is 7.05 Å². The maximum Gasteiger partial charge on any atom is 0.249 e. The molecule has 0 aromatic heterocycles. The number of carbonyl (C=O) groups excluding carboxylic acids is 3. The number of hydrogen-bond acceptors (Lipinski definition) is 5. The van der Waals surface area contributed by atoms with Gasteiger partial charge in [0.25, 0.3) is 0 Å². The molecule has 1 aliphatic heterocycles. The van der Waals surface area contributed by atoms with E-state index in [2.05, 4.69) is 60.4 Å². The number of likely N-dealkylation sites (N-methyl/N-ethyl adjacent to an activating group) is 1. The largest absolute Gasteiger partial charge is 0.351 e. The Morgan fingerprint density at radius 3 is 2.57 bits per heavy atom. The van der Waals surface area contributed by atoms with Gasteiger partial charge in [-0.2, -0.15) is 0 Å². The van der Waals surface area contributed by atoms with Gasteiger partial charge in [-0.25, -0.2) is 4.99 Å². The number of nitrogens with zero attached hydrogens (tertiary/aromatic N) is 2. The second-order valence-electron chi connectivity index (χ2n) is 13.5. The number of amides is 2. The zero-order valence-corrected chi connectivity index (χ0v) is 26.8. The van der Waals surface area contributed by atoms with E-state index in [1.165, 1.54) is 37.7 Å². The number of fused-ring (bicyclic) bond motifs is 4. The molecule has 6 rings (SSSR count). The first-order chi connectivity index (χ1) is 21.1. The maximum atomic E-state index is 12.3. The van der Waals surface area contributed by atoms with E-state index in [4.69, 9.17) is 0 Å². The number of aliphatic imine (C=N–C) groups is 1. The Balaban J connectivity index is 1.25. The predicted octanol–water partition coefficient (Wildman–Crippen LogP) is 6.02. The van der Waals surface area contributed by atoms with Crippen LogP contribution in [-0.4, -0.2) is 47.5 Å². The fourth-order valence-corrected chi connectivity index (χ4v) is 7.43. The number of amidine groups is 1. The Hall–Kier alpha value is -3.76. The van der Waals surface area contributed by atoms with Gasteiger partial charge in [-0.3, -0.25) is 19.7 Å². The molecular formula is C37H46N4O3. The van der Waals surface area contributed by atoms with Crippen LogP contribution in [0.5, 0.6) is 0 Å². The number of carbonyl (C=O) groups is 3.